The summed E-state index contributed by atoms with van der Waals surface area (Å²) >= 11 is 0. The minimum absolute atomic E-state index is 0.418. The van der Waals surface area contributed by atoms with Crippen molar-refractivity contribution in [3.05, 3.63) is 0 Å². The van der Waals surface area contributed by atoms with Gasteiger partial charge in [0.1, 0.15) is 6.61 Å². The van der Waals surface area contributed by atoms with Gasteiger partial charge in [-0.1, -0.05) is 19.6 Å². The van der Waals surface area contributed by atoms with Crippen LogP contribution in [0.5, 0.6) is 0 Å². The summed E-state index contributed by atoms with van der Waals surface area (Å²) in [4.78, 5) is 8.25. The third-order valence-electron chi connectivity index (χ3n) is 1.05. The lowest BCUT2D eigenvalue weighted by molar-refractivity contribution is 0.296. The molecular weight excluding hydrogens is 167 g/mol. The van der Waals surface area contributed by atoms with Crippen LogP contribution in [0.25, 0.3) is 0 Å². The monoisotopic (exact) mass is 181 g/mol. The summed E-state index contributed by atoms with van der Waals surface area (Å²) in [5.41, 5.74) is 0. The summed E-state index contributed by atoms with van der Waals surface area (Å²) in [5.74, 6) is 0. The Morgan fingerprint density at radius 3 is 2.30 bits per heavy atom. The predicted octanol–water partition coefficient (Wildman–Crippen LogP) is 1.99. The Hall–Kier alpha value is 0.237. The Kier molecular flexibility index (Phi) is 4.28. The fraction of sp³-hybridized carbons (Fsp3) is 1.00. The Bertz CT molecular complexity index is 121. The second kappa shape index (κ2) is 4.19. The molecule has 0 amide bonds. The Morgan fingerprint density at radius 2 is 2.00 bits per heavy atom. The lowest BCUT2D eigenvalue weighted by atomic mass is 10.9. The first-order chi connectivity index (χ1) is 4.42. The van der Waals surface area contributed by atoms with E-state index in [1.807, 2.05) is 0 Å². The molecule has 1 unspecified atom stereocenters. The fourth-order valence-electron chi connectivity index (χ4n) is 0.430. The zero-order valence-corrected chi connectivity index (χ0v) is 8.52. The van der Waals surface area contributed by atoms with Crippen LogP contribution in [0, 0.1) is 0 Å². The van der Waals surface area contributed by atoms with Gasteiger partial charge in [-0.3, -0.25) is 0 Å². The molecule has 60 valence electrons. The molecule has 0 heterocycles. The first-order valence-corrected chi connectivity index (χ1v) is 8.04. The molecule has 0 bridgehead atoms. The topological polar surface area (TPSA) is 46.5 Å². The number of hydrogen-bond acceptors (Lipinski definition) is 2. The molecule has 0 aromatic carbocycles. The molecule has 0 rings (SSSR count). The van der Waals surface area contributed by atoms with Crippen LogP contribution in [0.2, 0.25) is 25.7 Å². The highest BCUT2D eigenvalue weighted by Crippen LogP contribution is 2.17. The molecule has 5 heteroatoms. The third-order valence-corrected chi connectivity index (χ3v) is 3.16. The van der Waals surface area contributed by atoms with E-state index in [0.29, 0.717) is 6.61 Å². The maximum absolute atomic E-state index is 10.0. The van der Waals surface area contributed by atoms with Gasteiger partial charge in [-0.2, -0.15) is 0 Å². The molecule has 0 spiro atoms. The van der Waals surface area contributed by atoms with Crippen LogP contribution in [-0.2, 0) is 9.09 Å². The van der Waals surface area contributed by atoms with Gasteiger partial charge >= 0.3 is 8.25 Å². The summed E-state index contributed by atoms with van der Waals surface area (Å²) in [6.45, 7) is 7.00. The van der Waals surface area contributed by atoms with Crippen LogP contribution in [0.1, 0.15) is 0 Å². The van der Waals surface area contributed by atoms with E-state index in [2.05, 4.69) is 24.2 Å². The molecule has 0 radical (unpaired) electrons. The normalized spacial score (nSPS) is 13.4. The van der Waals surface area contributed by atoms with E-state index in [0.717, 1.165) is 6.04 Å². The molecular formula is C5H14O3PSi+. The molecule has 0 aromatic rings. The zero-order valence-electron chi connectivity index (χ0n) is 6.63. The maximum atomic E-state index is 10.0. The van der Waals surface area contributed by atoms with Crippen LogP contribution >= 0.6 is 8.25 Å². The standard InChI is InChI=1S/C5H13O3PSi/c1-10(2,3)5-4-8-9(6)7/h4-5H2,1-3H3/p+1. The first-order valence-electron chi connectivity index (χ1n) is 3.21. The Balaban J connectivity index is 3.29. The molecule has 0 aliphatic rings. The Labute approximate surface area is 63.4 Å². The summed E-state index contributed by atoms with van der Waals surface area (Å²) in [5, 5.41) is 0. The smallest absolute Gasteiger partial charge is 0.133 e. The summed E-state index contributed by atoms with van der Waals surface area (Å²) in [6.07, 6.45) is 0. The summed E-state index contributed by atoms with van der Waals surface area (Å²) in [6, 6.07) is 0.939. The van der Waals surface area contributed by atoms with Gasteiger partial charge in [0.2, 0.25) is 0 Å². The van der Waals surface area contributed by atoms with Crippen molar-refractivity contribution in [1.82, 2.24) is 0 Å². The van der Waals surface area contributed by atoms with Gasteiger partial charge in [0.05, 0.1) is 0 Å². The highest BCUT2D eigenvalue weighted by atomic mass is 31.1. The SMILES string of the molecule is C[Si](C)(C)CCO[P+](=O)O. The first kappa shape index (κ1) is 10.2. The third kappa shape index (κ3) is 8.24. The van der Waals surface area contributed by atoms with Crippen molar-refractivity contribution in [2.45, 2.75) is 25.7 Å². The van der Waals surface area contributed by atoms with Gasteiger partial charge in [-0.25, -0.2) is 0 Å². The van der Waals surface area contributed by atoms with E-state index < -0.39 is 16.3 Å². The van der Waals surface area contributed by atoms with Crippen LogP contribution in [0.4, 0.5) is 0 Å². The quantitative estimate of drug-likeness (QED) is 0.533. The average Bonchev–Trinajstić information content (AvgIpc) is 1.59. The van der Waals surface area contributed by atoms with Crippen molar-refractivity contribution in [2.24, 2.45) is 0 Å². The van der Waals surface area contributed by atoms with Gasteiger partial charge < -0.3 is 0 Å². The van der Waals surface area contributed by atoms with Gasteiger partial charge in [-0.15, -0.1) is 9.42 Å². The predicted molar refractivity (Wildman–Crippen MR) is 43.9 cm³/mol. The second-order valence-corrected chi connectivity index (χ2v) is 9.74. The van der Waals surface area contributed by atoms with Crippen LogP contribution in [0.3, 0.4) is 0 Å². The van der Waals surface area contributed by atoms with E-state index >= 15 is 0 Å². The van der Waals surface area contributed by atoms with Gasteiger partial charge in [-0.05, 0) is 6.04 Å². The summed E-state index contributed by atoms with van der Waals surface area (Å²) < 4.78 is 14.5. The Morgan fingerprint density at radius 1 is 1.50 bits per heavy atom. The zero-order chi connectivity index (χ0) is 8.20. The molecule has 3 nitrogen and oxygen atoms in total. The van der Waals surface area contributed by atoms with E-state index in [-0.39, 0.29) is 0 Å². The fourth-order valence-corrected chi connectivity index (χ4v) is 1.56. The lowest BCUT2D eigenvalue weighted by Crippen LogP contribution is -2.20. The van der Waals surface area contributed by atoms with Crippen molar-refractivity contribution in [3.8, 4) is 0 Å². The van der Waals surface area contributed by atoms with E-state index in [1.54, 1.807) is 0 Å². The minimum atomic E-state index is -2.38. The van der Waals surface area contributed by atoms with Crippen molar-refractivity contribution < 1.29 is 14.0 Å². The molecule has 0 saturated carbocycles. The van der Waals surface area contributed by atoms with E-state index in [1.165, 1.54) is 0 Å². The number of hydrogen-bond donors (Lipinski definition) is 1. The van der Waals surface area contributed by atoms with Crippen LogP contribution < -0.4 is 0 Å². The van der Waals surface area contributed by atoms with Crippen LogP contribution in [0.15, 0.2) is 0 Å². The van der Waals surface area contributed by atoms with Crippen molar-refractivity contribution in [3.63, 3.8) is 0 Å². The molecule has 0 aliphatic heterocycles. The largest absolute Gasteiger partial charge is 0.694 e. The van der Waals surface area contributed by atoms with E-state index in [9.17, 15) is 4.57 Å². The molecule has 1 N–H and O–H groups in total. The lowest BCUT2D eigenvalue weighted by Gasteiger charge is -2.11. The molecule has 0 saturated heterocycles. The van der Waals surface area contributed by atoms with Gasteiger partial charge in [0.25, 0.3) is 0 Å². The average molecular weight is 181 g/mol. The van der Waals surface area contributed by atoms with E-state index in [4.69, 9.17) is 4.89 Å². The van der Waals surface area contributed by atoms with Crippen molar-refractivity contribution >= 4 is 16.3 Å². The molecule has 0 aliphatic carbocycles. The summed E-state index contributed by atoms with van der Waals surface area (Å²) in [7, 11) is -3.47. The maximum Gasteiger partial charge on any atom is 0.694 e. The molecule has 1 atom stereocenters. The molecule has 0 aromatic heterocycles. The highest BCUT2D eigenvalue weighted by molar-refractivity contribution is 7.32. The number of rotatable bonds is 4. The molecule has 0 fully saturated rings. The van der Waals surface area contributed by atoms with Gasteiger partial charge in [0, 0.05) is 12.6 Å². The highest BCUT2D eigenvalue weighted by Gasteiger charge is 2.17. The van der Waals surface area contributed by atoms with Crippen molar-refractivity contribution in [1.29, 1.82) is 0 Å². The van der Waals surface area contributed by atoms with Gasteiger partial charge in [0.15, 0.2) is 0 Å². The molecule has 10 heavy (non-hydrogen) atoms. The minimum Gasteiger partial charge on any atom is -0.133 e. The van der Waals surface area contributed by atoms with Crippen LogP contribution in [-0.4, -0.2) is 19.6 Å². The second-order valence-electron chi connectivity index (χ2n) is 3.38. The van der Waals surface area contributed by atoms with Crippen molar-refractivity contribution in [2.75, 3.05) is 6.61 Å².